The molecule has 5 rings (SSSR count). The molecule has 0 bridgehead atoms. The van der Waals surface area contributed by atoms with E-state index in [2.05, 4.69) is 43.3 Å². The van der Waals surface area contributed by atoms with E-state index in [-0.39, 0.29) is 11.5 Å². The van der Waals surface area contributed by atoms with Crippen molar-refractivity contribution in [1.82, 2.24) is 0 Å². The van der Waals surface area contributed by atoms with Crippen molar-refractivity contribution in [2.45, 2.75) is 57.0 Å². The fourth-order valence-electron chi connectivity index (χ4n) is 6.58. The number of aromatic hydroxyl groups is 1. The molecule has 2 fully saturated rings. The fourth-order valence-corrected chi connectivity index (χ4v) is 6.58. The Bertz CT molecular complexity index is 814. The van der Waals surface area contributed by atoms with E-state index < -0.39 is 0 Å². The van der Waals surface area contributed by atoms with Crippen LogP contribution >= 0.6 is 0 Å². The molecule has 26 heavy (non-hydrogen) atoms. The summed E-state index contributed by atoms with van der Waals surface area (Å²) < 4.78 is 0. The zero-order valence-electron chi connectivity index (χ0n) is 15.4. The molecule has 0 saturated heterocycles. The van der Waals surface area contributed by atoms with Gasteiger partial charge in [0.05, 0.1) is 6.10 Å². The molecule has 2 N–H and O–H groups in total. The molecule has 0 amide bonds. The molecule has 2 aromatic rings. The number of hydrogen-bond acceptors (Lipinski definition) is 2. The maximum Gasteiger partial charge on any atom is 0.115 e. The summed E-state index contributed by atoms with van der Waals surface area (Å²) in [4.78, 5) is 0. The van der Waals surface area contributed by atoms with Gasteiger partial charge in [0, 0.05) is 5.92 Å². The Balaban J connectivity index is 1.62. The van der Waals surface area contributed by atoms with Gasteiger partial charge in [-0.25, -0.2) is 0 Å². The van der Waals surface area contributed by atoms with Crippen molar-refractivity contribution >= 4 is 0 Å². The van der Waals surface area contributed by atoms with Gasteiger partial charge in [-0.15, -0.1) is 0 Å². The van der Waals surface area contributed by atoms with Crippen molar-refractivity contribution in [3.8, 4) is 5.75 Å². The van der Waals surface area contributed by atoms with Crippen LogP contribution < -0.4 is 0 Å². The highest BCUT2D eigenvalue weighted by Crippen LogP contribution is 2.63. The second-order valence-corrected chi connectivity index (χ2v) is 9.03. The van der Waals surface area contributed by atoms with E-state index in [1.165, 1.54) is 16.7 Å². The van der Waals surface area contributed by atoms with Crippen LogP contribution in [0.5, 0.6) is 5.75 Å². The Kier molecular flexibility index (Phi) is 3.69. The van der Waals surface area contributed by atoms with E-state index in [1.807, 2.05) is 12.1 Å². The van der Waals surface area contributed by atoms with Crippen molar-refractivity contribution in [3.63, 3.8) is 0 Å². The summed E-state index contributed by atoms with van der Waals surface area (Å²) in [5, 5.41) is 20.8. The fraction of sp³-hybridized carbons (Fsp3) is 0.500. The number of benzene rings is 2. The van der Waals surface area contributed by atoms with Gasteiger partial charge >= 0.3 is 0 Å². The molecule has 0 aliphatic heterocycles. The molecule has 2 nitrogen and oxygen atoms in total. The van der Waals surface area contributed by atoms with E-state index in [0.717, 1.165) is 32.1 Å². The van der Waals surface area contributed by atoms with Crippen LogP contribution in [0.4, 0.5) is 0 Å². The van der Waals surface area contributed by atoms with E-state index in [4.69, 9.17) is 0 Å². The molecule has 2 aromatic carbocycles. The maximum atomic E-state index is 10.7. The summed E-state index contributed by atoms with van der Waals surface area (Å²) in [5.41, 5.74) is 4.20. The van der Waals surface area contributed by atoms with Gasteiger partial charge in [0.15, 0.2) is 0 Å². The predicted molar refractivity (Wildman–Crippen MR) is 103 cm³/mol. The lowest BCUT2D eigenvalue weighted by molar-refractivity contribution is -0.0239. The lowest BCUT2D eigenvalue weighted by Gasteiger charge is -2.51. The second kappa shape index (κ2) is 5.85. The van der Waals surface area contributed by atoms with Gasteiger partial charge in [0.25, 0.3) is 0 Å². The normalized spacial score (nSPS) is 38.3. The summed E-state index contributed by atoms with van der Waals surface area (Å²) in [7, 11) is 0. The van der Waals surface area contributed by atoms with Crippen molar-refractivity contribution in [2.75, 3.05) is 0 Å². The first-order chi connectivity index (χ1) is 12.6. The molecule has 3 aliphatic rings. The zero-order valence-corrected chi connectivity index (χ0v) is 15.4. The molecular formula is C24H28O2. The SMILES string of the molecule is C[C@]12CC[C@@H]3c4ccc(O)cc4[C@H](c4ccccc4)C[C@H]3[C@@H]1CC[C@@H]2O. The third-order valence-electron chi connectivity index (χ3n) is 7.94. The number of rotatable bonds is 1. The number of aliphatic hydroxyl groups excluding tert-OH is 1. The minimum Gasteiger partial charge on any atom is -0.508 e. The smallest absolute Gasteiger partial charge is 0.115 e. The average molecular weight is 348 g/mol. The van der Waals surface area contributed by atoms with Crippen LogP contribution in [0.25, 0.3) is 0 Å². The standard InChI is InChI=1S/C24H28O2/c1-24-12-11-18-17-8-7-16(25)13-20(17)19(15-5-3-2-4-6-15)14-21(18)22(24)9-10-23(24)26/h2-8,13,18-19,21-23,25-26H,9-12,14H2,1H3/t18-,19+,21-,22+,23+,24+/m1/s1. The van der Waals surface area contributed by atoms with Crippen LogP contribution in [0.2, 0.25) is 0 Å². The van der Waals surface area contributed by atoms with Crippen molar-refractivity contribution in [1.29, 1.82) is 0 Å². The predicted octanol–water partition coefficient (Wildman–Crippen LogP) is 5.20. The Morgan fingerprint density at radius 2 is 1.77 bits per heavy atom. The molecule has 2 saturated carbocycles. The quantitative estimate of drug-likeness (QED) is 0.744. The summed E-state index contributed by atoms with van der Waals surface area (Å²) in [6, 6.07) is 16.8. The number of hydrogen-bond donors (Lipinski definition) is 2. The highest BCUT2D eigenvalue weighted by Gasteiger charge is 2.55. The molecule has 0 spiro atoms. The van der Waals surface area contributed by atoms with E-state index in [9.17, 15) is 10.2 Å². The topological polar surface area (TPSA) is 40.5 Å². The van der Waals surface area contributed by atoms with Gasteiger partial charge in [-0.2, -0.15) is 0 Å². The molecular weight excluding hydrogens is 320 g/mol. The molecule has 0 unspecified atom stereocenters. The van der Waals surface area contributed by atoms with E-state index >= 15 is 0 Å². The maximum absolute atomic E-state index is 10.7. The van der Waals surface area contributed by atoms with Crippen molar-refractivity contribution < 1.29 is 10.2 Å². The lowest BCUT2D eigenvalue weighted by Crippen LogP contribution is -2.44. The summed E-state index contributed by atoms with van der Waals surface area (Å²) in [6.45, 7) is 2.33. The van der Waals surface area contributed by atoms with Gasteiger partial charge in [0.2, 0.25) is 0 Å². The van der Waals surface area contributed by atoms with Gasteiger partial charge in [0.1, 0.15) is 5.75 Å². The number of phenols is 1. The van der Waals surface area contributed by atoms with Crippen LogP contribution in [0.15, 0.2) is 48.5 Å². The molecule has 2 heteroatoms. The summed E-state index contributed by atoms with van der Waals surface area (Å²) >= 11 is 0. The minimum absolute atomic E-state index is 0.0941. The van der Waals surface area contributed by atoms with Gasteiger partial charge in [-0.3, -0.25) is 0 Å². The summed E-state index contributed by atoms with van der Waals surface area (Å²) in [5.74, 6) is 2.55. The molecule has 0 heterocycles. The highest BCUT2D eigenvalue weighted by atomic mass is 16.3. The lowest BCUT2D eigenvalue weighted by atomic mass is 9.53. The molecule has 6 atom stereocenters. The Morgan fingerprint density at radius 1 is 0.962 bits per heavy atom. The Labute approximate surface area is 155 Å². The molecule has 136 valence electrons. The van der Waals surface area contributed by atoms with Crippen LogP contribution in [-0.4, -0.2) is 16.3 Å². The highest BCUT2D eigenvalue weighted by molar-refractivity contribution is 5.46. The average Bonchev–Trinajstić information content (AvgIpc) is 2.96. The Hall–Kier alpha value is -1.80. The third kappa shape index (κ3) is 2.28. The van der Waals surface area contributed by atoms with Gasteiger partial charge in [-0.05, 0) is 84.1 Å². The van der Waals surface area contributed by atoms with Crippen LogP contribution in [0.1, 0.15) is 67.6 Å². The zero-order chi connectivity index (χ0) is 17.9. The molecule has 0 radical (unpaired) electrons. The number of phenolic OH excluding ortho intramolecular Hbond substituents is 1. The first-order valence-corrected chi connectivity index (χ1v) is 10.1. The summed E-state index contributed by atoms with van der Waals surface area (Å²) in [6.07, 6.45) is 5.41. The number of fused-ring (bicyclic) bond motifs is 5. The van der Waals surface area contributed by atoms with Crippen LogP contribution in [-0.2, 0) is 0 Å². The monoisotopic (exact) mass is 348 g/mol. The second-order valence-electron chi connectivity index (χ2n) is 9.03. The molecule has 3 aliphatic carbocycles. The Morgan fingerprint density at radius 3 is 2.58 bits per heavy atom. The largest absolute Gasteiger partial charge is 0.508 e. The van der Waals surface area contributed by atoms with E-state index in [1.54, 1.807) is 0 Å². The van der Waals surface area contributed by atoms with Gasteiger partial charge < -0.3 is 10.2 Å². The van der Waals surface area contributed by atoms with Crippen molar-refractivity contribution in [2.24, 2.45) is 17.3 Å². The van der Waals surface area contributed by atoms with Crippen molar-refractivity contribution in [3.05, 3.63) is 65.2 Å². The first-order valence-electron chi connectivity index (χ1n) is 10.1. The number of aliphatic hydroxyl groups is 1. The van der Waals surface area contributed by atoms with Crippen LogP contribution in [0, 0.1) is 17.3 Å². The van der Waals surface area contributed by atoms with Crippen LogP contribution in [0.3, 0.4) is 0 Å². The minimum atomic E-state index is -0.134. The first kappa shape index (κ1) is 16.4. The third-order valence-corrected chi connectivity index (χ3v) is 7.94. The molecule has 0 aromatic heterocycles. The van der Waals surface area contributed by atoms with Gasteiger partial charge in [-0.1, -0.05) is 43.3 Å². The van der Waals surface area contributed by atoms with E-state index in [0.29, 0.717) is 29.4 Å².